The molecule has 4 rings (SSSR count). The molecule has 0 amide bonds. The fraction of sp³-hybridized carbons (Fsp3) is 0.100. The second-order valence-electron chi connectivity index (χ2n) is 6.06. The Morgan fingerprint density at radius 3 is 2.54 bits per heavy atom. The summed E-state index contributed by atoms with van der Waals surface area (Å²) in [6, 6.07) is 15.7. The summed E-state index contributed by atoms with van der Waals surface area (Å²) < 4.78 is 6.40. The maximum Gasteiger partial charge on any atom is 0.363 e. The predicted molar refractivity (Wildman–Crippen MR) is 108 cm³/mol. The van der Waals surface area contributed by atoms with Crippen LogP contribution >= 0.6 is 22.9 Å². The number of rotatable bonds is 3. The number of anilines is 1. The molecule has 130 valence electrons. The Bertz CT molecular complexity index is 1070. The van der Waals surface area contributed by atoms with Gasteiger partial charge in [-0.1, -0.05) is 41.9 Å². The molecule has 1 aliphatic heterocycles. The Hall–Kier alpha value is -2.63. The quantitative estimate of drug-likeness (QED) is 0.474. The van der Waals surface area contributed by atoms with Crippen LogP contribution in [0.2, 0.25) is 5.02 Å². The molecule has 0 bridgehead atoms. The predicted octanol–water partition coefficient (Wildman–Crippen LogP) is 4.97. The molecular weight excluding hydrogens is 368 g/mol. The molecule has 0 atom stereocenters. The minimum atomic E-state index is -0.467. The molecule has 2 heterocycles. The van der Waals surface area contributed by atoms with Crippen molar-refractivity contribution in [2.45, 2.75) is 0 Å². The number of benzene rings is 2. The molecule has 0 saturated carbocycles. The number of nitrogens with zero attached hydrogens (tertiary/aromatic N) is 2. The number of hydrogen-bond donors (Lipinski definition) is 0. The van der Waals surface area contributed by atoms with E-state index in [2.05, 4.69) is 4.99 Å². The number of esters is 1. The summed E-state index contributed by atoms with van der Waals surface area (Å²) in [5.74, 6) is -0.206. The van der Waals surface area contributed by atoms with Gasteiger partial charge in [0.15, 0.2) is 5.70 Å². The summed E-state index contributed by atoms with van der Waals surface area (Å²) in [6.07, 6.45) is 1.72. The van der Waals surface area contributed by atoms with E-state index >= 15 is 0 Å². The number of cyclic esters (lactones) is 1. The number of hydrogen-bond acceptors (Lipinski definition) is 5. The monoisotopic (exact) mass is 382 g/mol. The van der Waals surface area contributed by atoms with Crippen LogP contribution in [0.15, 0.2) is 59.2 Å². The Morgan fingerprint density at radius 1 is 1.12 bits per heavy atom. The summed E-state index contributed by atoms with van der Waals surface area (Å²) in [7, 11) is 3.96. The normalized spacial score (nSPS) is 15.4. The molecule has 0 spiro atoms. The van der Waals surface area contributed by atoms with Crippen molar-refractivity contribution in [2.24, 2.45) is 4.99 Å². The van der Waals surface area contributed by atoms with Crippen molar-refractivity contribution in [2.75, 3.05) is 19.0 Å². The average molecular weight is 383 g/mol. The molecule has 2 aromatic carbocycles. The van der Waals surface area contributed by atoms with Crippen LogP contribution in [0.4, 0.5) is 5.69 Å². The summed E-state index contributed by atoms with van der Waals surface area (Å²) >= 11 is 7.92. The molecule has 1 aromatic heterocycles. The highest BCUT2D eigenvalue weighted by atomic mass is 35.5. The highest BCUT2D eigenvalue weighted by molar-refractivity contribution is 7.21. The van der Waals surface area contributed by atoms with E-state index in [-0.39, 0.29) is 11.6 Å². The number of carbonyl (C=O) groups excluding carboxylic acids is 1. The minimum Gasteiger partial charge on any atom is -0.401 e. The maximum atomic E-state index is 12.2. The molecule has 26 heavy (non-hydrogen) atoms. The molecule has 1 aliphatic rings. The van der Waals surface area contributed by atoms with Crippen molar-refractivity contribution in [3.63, 3.8) is 0 Å². The van der Waals surface area contributed by atoms with Gasteiger partial charge in [0, 0.05) is 29.9 Å². The van der Waals surface area contributed by atoms with Crippen molar-refractivity contribution in [1.82, 2.24) is 0 Å². The van der Waals surface area contributed by atoms with Gasteiger partial charge < -0.3 is 9.64 Å². The summed E-state index contributed by atoms with van der Waals surface area (Å²) in [5.41, 5.74) is 2.24. The molecule has 4 nitrogen and oxygen atoms in total. The fourth-order valence-electron chi connectivity index (χ4n) is 2.68. The number of thiophene rings is 1. The Balaban J connectivity index is 1.69. The van der Waals surface area contributed by atoms with Gasteiger partial charge in [0.05, 0.1) is 5.02 Å². The standard InChI is InChI=1S/C20H15ClN2O2S/c1-23(2)13-9-7-12(8-10-13)11-15-20(24)25-19(22-15)18-17(21)14-5-3-4-6-16(14)26-18/h3-11H,1-2H3/b15-11+. The average Bonchev–Trinajstić information content (AvgIpc) is 3.16. The molecular formula is C20H15ClN2O2S. The van der Waals surface area contributed by atoms with Crippen molar-refractivity contribution in [1.29, 1.82) is 0 Å². The second kappa shape index (κ2) is 6.59. The Labute approximate surface area is 160 Å². The molecule has 0 aliphatic carbocycles. The van der Waals surface area contributed by atoms with E-state index in [9.17, 15) is 4.79 Å². The van der Waals surface area contributed by atoms with E-state index in [1.807, 2.05) is 67.5 Å². The minimum absolute atomic E-state index is 0.261. The first kappa shape index (κ1) is 16.8. The topological polar surface area (TPSA) is 41.9 Å². The van der Waals surface area contributed by atoms with Crippen LogP contribution in [-0.4, -0.2) is 26.0 Å². The smallest absolute Gasteiger partial charge is 0.363 e. The molecule has 3 aromatic rings. The molecule has 0 saturated heterocycles. The van der Waals surface area contributed by atoms with Crippen LogP contribution in [0.25, 0.3) is 16.2 Å². The lowest BCUT2D eigenvalue weighted by molar-refractivity contribution is -0.129. The first-order valence-electron chi connectivity index (χ1n) is 8.00. The van der Waals surface area contributed by atoms with Crippen molar-refractivity contribution in [3.8, 4) is 0 Å². The first-order chi connectivity index (χ1) is 12.5. The second-order valence-corrected chi connectivity index (χ2v) is 7.49. The van der Waals surface area contributed by atoms with E-state index in [0.29, 0.717) is 9.90 Å². The van der Waals surface area contributed by atoms with E-state index in [1.54, 1.807) is 6.08 Å². The zero-order valence-corrected chi connectivity index (χ0v) is 15.8. The highest BCUT2D eigenvalue weighted by Gasteiger charge is 2.27. The number of fused-ring (bicyclic) bond motifs is 1. The molecule has 0 N–H and O–H groups in total. The van der Waals surface area contributed by atoms with Crippen molar-refractivity contribution >= 4 is 56.7 Å². The Kier molecular flexibility index (Phi) is 4.26. The molecule has 0 radical (unpaired) electrons. The van der Waals surface area contributed by atoms with Gasteiger partial charge in [0.2, 0.25) is 5.90 Å². The third kappa shape index (κ3) is 3.00. The number of carbonyl (C=O) groups is 1. The fourth-order valence-corrected chi connectivity index (χ4v) is 4.12. The van der Waals surface area contributed by atoms with Gasteiger partial charge in [-0.25, -0.2) is 9.79 Å². The van der Waals surface area contributed by atoms with E-state index < -0.39 is 5.97 Å². The largest absolute Gasteiger partial charge is 0.401 e. The maximum absolute atomic E-state index is 12.2. The van der Waals surface area contributed by atoms with Crippen LogP contribution in [-0.2, 0) is 9.53 Å². The molecule has 0 fully saturated rings. The van der Waals surface area contributed by atoms with Crippen molar-refractivity contribution < 1.29 is 9.53 Å². The third-order valence-corrected chi connectivity index (χ3v) is 5.73. The van der Waals surface area contributed by atoms with Crippen molar-refractivity contribution in [3.05, 3.63) is 69.7 Å². The van der Waals surface area contributed by atoms with Crippen LogP contribution < -0.4 is 4.90 Å². The van der Waals surface area contributed by atoms with E-state index in [4.69, 9.17) is 16.3 Å². The lowest BCUT2D eigenvalue weighted by Gasteiger charge is -2.11. The number of halogens is 1. The van der Waals surface area contributed by atoms with Gasteiger partial charge in [-0.3, -0.25) is 0 Å². The van der Waals surface area contributed by atoms with Crippen LogP contribution in [0.3, 0.4) is 0 Å². The van der Waals surface area contributed by atoms with Crippen LogP contribution in [0.1, 0.15) is 10.4 Å². The van der Waals surface area contributed by atoms with E-state index in [1.165, 1.54) is 11.3 Å². The Morgan fingerprint density at radius 2 is 1.85 bits per heavy atom. The van der Waals surface area contributed by atoms with Crippen LogP contribution in [0, 0.1) is 0 Å². The summed E-state index contributed by atoms with van der Waals surface area (Å²) in [5, 5.41) is 1.50. The lowest BCUT2D eigenvalue weighted by atomic mass is 10.1. The highest BCUT2D eigenvalue weighted by Crippen LogP contribution is 2.37. The van der Waals surface area contributed by atoms with Gasteiger partial charge in [0.1, 0.15) is 4.88 Å². The number of ether oxygens (including phenoxy) is 1. The van der Waals surface area contributed by atoms with Crippen LogP contribution in [0.5, 0.6) is 0 Å². The van der Waals surface area contributed by atoms with Gasteiger partial charge in [-0.05, 0) is 29.8 Å². The summed E-state index contributed by atoms with van der Waals surface area (Å²) in [6.45, 7) is 0. The van der Waals surface area contributed by atoms with Gasteiger partial charge >= 0.3 is 5.97 Å². The third-order valence-electron chi connectivity index (χ3n) is 4.06. The first-order valence-corrected chi connectivity index (χ1v) is 9.20. The molecule has 6 heteroatoms. The zero-order chi connectivity index (χ0) is 18.3. The van der Waals surface area contributed by atoms with E-state index in [0.717, 1.165) is 21.3 Å². The van der Waals surface area contributed by atoms with Gasteiger partial charge in [0.25, 0.3) is 0 Å². The van der Waals surface area contributed by atoms with Gasteiger partial charge in [-0.15, -0.1) is 11.3 Å². The lowest BCUT2D eigenvalue weighted by Crippen LogP contribution is -2.08. The van der Waals surface area contributed by atoms with Gasteiger partial charge in [-0.2, -0.15) is 0 Å². The zero-order valence-electron chi connectivity index (χ0n) is 14.2. The number of aliphatic imine (C=N–C) groups is 1. The SMILES string of the molecule is CN(C)c1ccc(/C=C2/N=C(c3sc4ccccc4c3Cl)OC2=O)cc1. The summed E-state index contributed by atoms with van der Waals surface area (Å²) in [4.78, 5) is 19.3. The molecule has 0 unspecified atom stereocenters.